The van der Waals surface area contributed by atoms with Crippen molar-refractivity contribution in [3.8, 4) is 39.5 Å². The van der Waals surface area contributed by atoms with Crippen LogP contribution in [-0.4, -0.2) is 24.8 Å². The Morgan fingerprint density at radius 1 is 0.912 bits per heavy atom. The summed E-state index contributed by atoms with van der Waals surface area (Å²) < 4.78 is 11.8. The third-order valence-electron chi connectivity index (χ3n) is 5.74. The van der Waals surface area contributed by atoms with Crippen LogP contribution in [0.1, 0.15) is 30.1 Å². The lowest BCUT2D eigenvalue weighted by Crippen LogP contribution is -2.12. The van der Waals surface area contributed by atoms with Gasteiger partial charge in [0.05, 0.1) is 19.3 Å². The summed E-state index contributed by atoms with van der Waals surface area (Å²) in [5.74, 6) is 6.04. The molecule has 0 bridgehead atoms. The van der Waals surface area contributed by atoms with E-state index in [1.165, 1.54) is 0 Å². The molecule has 4 aromatic carbocycles. The SMILES string of the molecule is CCCCOc1cc(C(=O)ON)c(-c2ccccc2)c2cc(-c3ccc(O)cc3)c(OC)cc12. The molecule has 0 aromatic heterocycles. The molecule has 0 saturated carbocycles. The third-order valence-corrected chi connectivity index (χ3v) is 5.74. The van der Waals surface area contributed by atoms with Gasteiger partial charge >= 0.3 is 5.97 Å². The lowest BCUT2D eigenvalue weighted by molar-refractivity contribution is 0.0504. The van der Waals surface area contributed by atoms with Gasteiger partial charge in [0.2, 0.25) is 0 Å². The van der Waals surface area contributed by atoms with Crippen LogP contribution >= 0.6 is 0 Å². The van der Waals surface area contributed by atoms with Crippen LogP contribution in [-0.2, 0) is 4.84 Å². The molecule has 0 aliphatic rings. The molecule has 0 unspecified atom stereocenters. The lowest BCUT2D eigenvalue weighted by atomic mass is 9.90. The number of carbonyl (C=O) groups is 1. The Hall–Kier alpha value is -4.03. The van der Waals surface area contributed by atoms with Crippen molar-refractivity contribution in [3.05, 3.63) is 78.4 Å². The molecule has 0 spiro atoms. The molecular formula is C28H27NO5. The minimum Gasteiger partial charge on any atom is -0.508 e. The molecule has 0 heterocycles. The van der Waals surface area contributed by atoms with Crippen molar-refractivity contribution in [3.63, 3.8) is 0 Å². The predicted octanol–water partition coefficient (Wildman–Crippen LogP) is 6.10. The van der Waals surface area contributed by atoms with Gasteiger partial charge in [-0.1, -0.05) is 55.8 Å². The van der Waals surface area contributed by atoms with Crippen molar-refractivity contribution in [1.82, 2.24) is 0 Å². The van der Waals surface area contributed by atoms with Crippen LogP contribution in [0.25, 0.3) is 33.0 Å². The first-order valence-corrected chi connectivity index (χ1v) is 11.1. The van der Waals surface area contributed by atoms with Crippen LogP contribution in [0.2, 0.25) is 0 Å². The van der Waals surface area contributed by atoms with Gasteiger partial charge in [0.15, 0.2) is 0 Å². The molecule has 0 atom stereocenters. The van der Waals surface area contributed by atoms with E-state index >= 15 is 0 Å². The number of hydrogen-bond donors (Lipinski definition) is 2. The zero-order valence-electron chi connectivity index (χ0n) is 19.2. The number of hydrogen-bond acceptors (Lipinski definition) is 6. The number of carbonyl (C=O) groups excluding carboxylic acids is 1. The summed E-state index contributed by atoms with van der Waals surface area (Å²) in [6.07, 6.45) is 1.85. The van der Waals surface area contributed by atoms with Crippen LogP contribution in [0.5, 0.6) is 17.2 Å². The lowest BCUT2D eigenvalue weighted by Gasteiger charge is -2.19. The second-order valence-corrected chi connectivity index (χ2v) is 7.92. The van der Waals surface area contributed by atoms with Crippen molar-refractivity contribution >= 4 is 16.7 Å². The maximum absolute atomic E-state index is 12.8. The highest BCUT2D eigenvalue weighted by molar-refractivity contribution is 6.12. The fraction of sp³-hybridized carbons (Fsp3) is 0.179. The van der Waals surface area contributed by atoms with Gasteiger partial charge in [-0.2, -0.15) is 5.90 Å². The zero-order chi connectivity index (χ0) is 24.1. The Morgan fingerprint density at radius 3 is 2.29 bits per heavy atom. The standard InChI is InChI=1S/C28H27NO5/c1-3-4-14-33-26-17-24(28(31)34-29)27(19-8-6-5-7-9-19)23-15-21(25(32-2)16-22(23)26)18-10-12-20(30)13-11-18/h5-13,15-17,30H,3-4,14,29H2,1-2H3. The van der Waals surface area contributed by atoms with Crippen molar-refractivity contribution < 1.29 is 24.2 Å². The quantitative estimate of drug-likeness (QED) is 0.245. The van der Waals surface area contributed by atoms with Crippen molar-refractivity contribution in [1.29, 1.82) is 0 Å². The fourth-order valence-corrected chi connectivity index (χ4v) is 4.04. The Morgan fingerprint density at radius 2 is 1.65 bits per heavy atom. The summed E-state index contributed by atoms with van der Waals surface area (Å²) in [7, 11) is 1.61. The monoisotopic (exact) mass is 457 g/mol. The Bertz CT molecular complexity index is 1300. The van der Waals surface area contributed by atoms with Crippen LogP contribution in [0.3, 0.4) is 0 Å². The van der Waals surface area contributed by atoms with Crippen LogP contribution in [0.4, 0.5) is 0 Å². The number of phenols is 1. The Labute approximate surface area is 198 Å². The van der Waals surface area contributed by atoms with Crippen molar-refractivity contribution in [2.24, 2.45) is 5.90 Å². The van der Waals surface area contributed by atoms with E-state index in [-0.39, 0.29) is 5.75 Å². The number of unbranched alkanes of at least 4 members (excludes halogenated alkanes) is 1. The van der Waals surface area contributed by atoms with Crippen LogP contribution < -0.4 is 15.4 Å². The second-order valence-electron chi connectivity index (χ2n) is 7.92. The van der Waals surface area contributed by atoms with Gasteiger partial charge < -0.3 is 19.4 Å². The molecular weight excluding hydrogens is 430 g/mol. The molecule has 0 aliphatic carbocycles. The molecule has 174 valence electrons. The van der Waals surface area contributed by atoms with E-state index in [1.807, 2.05) is 54.6 Å². The number of benzene rings is 4. The molecule has 34 heavy (non-hydrogen) atoms. The minimum atomic E-state index is -0.650. The maximum atomic E-state index is 12.8. The van der Waals surface area contributed by atoms with Gasteiger partial charge in [0.1, 0.15) is 17.2 Å². The average Bonchev–Trinajstić information content (AvgIpc) is 2.88. The summed E-state index contributed by atoms with van der Waals surface area (Å²) in [6.45, 7) is 2.60. The van der Waals surface area contributed by atoms with Gasteiger partial charge in [-0.15, -0.1) is 0 Å². The van der Waals surface area contributed by atoms with E-state index in [4.69, 9.17) is 15.4 Å². The van der Waals surface area contributed by atoms with Gasteiger partial charge in [0, 0.05) is 16.5 Å². The first-order valence-electron chi connectivity index (χ1n) is 11.1. The van der Waals surface area contributed by atoms with E-state index in [1.54, 1.807) is 25.3 Å². The van der Waals surface area contributed by atoms with E-state index in [0.29, 0.717) is 29.2 Å². The van der Waals surface area contributed by atoms with Crippen LogP contribution in [0.15, 0.2) is 72.8 Å². The smallest absolute Gasteiger partial charge is 0.357 e. The summed E-state index contributed by atoms with van der Waals surface area (Å²) >= 11 is 0. The number of fused-ring (bicyclic) bond motifs is 1. The van der Waals surface area contributed by atoms with E-state index in [0.717, 1.165) is 40.3 Å². The zero-order valence-corrected chi connectivity index (χ0v) is 19.2. The largest absolute Gasteiger partial charge is 0.508 e. The number of aromatic hydroxyl groups is 1. The fourth-order valence-electron chi connectivity index (χ4n) is 4.04. The molecule has 0 fully saturated rings. The summed E-state index contributed by atoms with van der Waals surface area (Å²) in [6, 6.07) is 22.1. The molecule has 4 rings (SSSR count). The van der Waals surface area contributed by atoms with Crippen molar-refractivity contribution in [2.75, 3.05) is 13.7 Å². The average molecular weight is 458 g/mol. The third kappa shape index (κ3) is 4.54. The number of ether oxygens (including phenoxy) is 2. The van der Waals surface area contributed by atoms with Crippen LogP contribution in [0, 0.1) is 0 Å². The molecule has 6 heteroatoms. The van der Waals surface area contributed by atoms with Gasteiger partial charge in [-0.05, 0) is 53.3 Å². The topological polar surface area (TPSA) is 91.0 Å². The predicted molar refractivity (Wildman–Crippen MR) is 133 cm³/mol. The summed E-state index contributed by atoms with van der Waals surface area (Å²) in [5, 5.41) is 11.4. The number of rotatable bonds is 8. The molecule has 0 aliphatic heterocycles. The van der Waals surface area contributed by atoms with Gasteiger partial charge in [-0.25, -0.2) is 4.79 Å². The maximum Gasteiger partial charge on any atom is 0.357 e. The number of nitrogens with two attached hydrogens (primary N) is 1. The van der Waals surface area contributed by atoms with Crippen molar-refractivity contribution in [2.45, 2.75) is 19.8 Å². The molecule has 0 amide bonds. The summed E-state index contributed by atoms with van der Waals surface area (Å²) in [5.41, 5.74) is 3.52. The molecule has 6 nitrogen and oxygen atoms in total. The van der Waals surface area contributed by atoms with E-state index in [9.17, 15) is 9.90 Å². The number of methoxy groups -OCH3 is 1. The highest BCUT2D eigenvalue weighted by Crippen LogP contribution is 2.44. The molecule has 3 N–H and O–H groups in total. The van der Waals surface area contributed by atoms with Gasteiger partial charge in [-0.3, -0.25) is 0 Å². The Kier molecular flexibility index (Phi) is 6.99. The highest BCUT2D eigenvalue weighted by Gasteiger charge is 2.22. The molecule has 0 radical (unpaired) electrons. The first-order chi connectivity index (χ1) is 16.6. The molecule has 0 saturated heterocycles. The minimum absolute atomic E-state index is 0.174. The first kappa shape index (κ1) is 23.1. The van der Waals surface area contributed by atoms with E-state index in [2.05, 4.69) is 11.8 Å². The van der Waals surface area contributed by atoms with E-state index < -0.39 is 5.97 Å². The second kappa shape index (κ2) is 10.3. The number of phenolic OH excluding ortho intramolecular Hbond substituents is 1. The normalized spacial score (nSPS) is 10.8. The molecule has 4 aromatic rings. The Balaban J connectivity index is 2.08. The highest BCUT2D eigenvalue weighted by atomic mass is 16.7. The van der Waals surface area contributed by atoms with Gasteiger partial charge in [0.25, 0.3) is 0 Å². The summed E-state index contributed by atoms with van der Waals surface area (Å²) in [4.78, 5) is 17.4.